The molecule has 2 aromatic carbocycles. The molecule has 18 heavy (non-hydrogen) atoms. The van der Waals surface area contributed by atoms with Gasteiger partial charge in [-0.3, -0.25) is 0 Å². The normalized spacial score (nSPS) is 14.3. The lowest BCUT2D eigenvalue weighted by Gasteiger charge is -2.27. The van der Waals surface area contributed by atoms with Crippen molar-refractivity contribution in [3.05, 3.63) is 69.2 Å². The van der Waals surface area contributed by atoms with Gasteiger partial charge in [-0.1, -0.05) is 46.3 Å². The van der Waals surface area contributed by atoms with Crippen molar-refractivity contribution >= 4 is 15.9 Å². The van der Waals surface area contributed by atoms with Crippen LogP contribution in [0.25, 0.3) is 0 Å². The number of aliphatic hydroxyl groups is 1. The summed E-state index contributed by atoms with van der Waals surface area (Å²) in [5.74, 6) is 0. The summed E-state index contributed by atoms with van der Waals surface area (Å²) in [6, 6.07) is 13.9. The molecule has 0 aliphatic rings. The highest BCUT2D eigenvalue weighted by Crippen LogP contribution is 2.33. The highest BCUT2D eigenvalue weighted by Gasteiger charge is 2.27. The van der Waals surface area contributed by atoms with E-state index in [0.717, 1.165) is 21.2 Å². The predicted molar refractivity (Wildman–Crippen MR) is 78.7 cm³/mol. The van der Waals surface area contributed by atoms with Crippen LogP contribution in [0.15, 0.2) is 46.9 Å². The zero-order chi connectivity index (χ0) is 13.3. The molecule has 2 heteroatoms. The van der Waals surface area contributed by atoms with E-state index in [9.17, 15) is 5.11 Å². The van der Waals surface area contributed by atoms with Crippen molar-refractivity contribution in [3.8, 4) is 0 Å². The monoisotopic (exact) mass is 304 g/mol. The van der Waals surface area contributed by atoms with Crippen molar-refractivity contribution in [2.45, 2.75) is 26.4 Å². The average Bonchev–Trinajstić information content (AvgIpc) is 2.32. The summed E-state index contributed by atoms with van der Waals surface area (Å²) < 4.78 is 0.977. The van der Waals surface area contributed by atoms with Crippen LogP contribution >= 0.6 is 15.9 Å². The molecule has 94 valence electrons. The minimum atomic E-state index is -0.972. The summed E-state index contributed by atoms with van der Waals surface area (Å²) in [4.78, 5) is 0. The summed E-state index contributed by atoms with van der Waals surface area (Å²) in [5, 5.41) is 10.9. The van der Waals surface area contributed by atoms with Crippen LogP contribution in [0.4, 0.5) is 0 Å². The van der Waals surface area contributed by atoms with Gasteiger partial charge in [0.25, 0.3) is 0 Å². The van der Waals surface area contributed by atoms with Gasteiger partial charge < -0.3 is 5.11 Å². The second-order valence-electron chi connectivity index (χ2n) is 4.83. The molecule has 0 bridgehead atoms. The van der Waals surface area contributed by atoms with Gasteiger partial charge in [-0.2, -0.15) is 0 Å². The summed E-state index contributed by atoms with van der Waals surface area (Å²) >= 11 is 3.45. The first-order valence-electron chi connectivity index (χ1n) is 5.98. The molecular weight excluding hydrogens is 288 g/mol. The van der Waals surface area contributed by atoms with E-state index >= 15 is 0 Å². The average molecular weight is 305 g/mol. The predicted octanol–water partition coefficient (Wildman–Crippen LogP) is 4.32. The quantitative estimate of drug-likeness (QED) is 0.876. The molecule has 1 nitrogen and oxygen atoms in total. The lowest BCUT2D eigenvalue weighted by molar-refractivity contribution is 0.101. The second kappa shape index (κ2) is 4.87. The second-order valence-corrected chi connectivity index (χ2v) is 5.75. The summed E-state index contributed by atoms with van der Waals surface area (Å²) in [6.07, 6.45) is 0. The van der Waals surface area contributed by atoms with Crippen LogP contribution in [0, 0.1) is 13.8 Å². The van der Waals surface area contributed by atoms with E-state index in [2.05, 4.69) is 35.8 Å². The highest BCUT2D eigenvalue weighted by atomic mass is 79.9. The molecule has 2 rings (SSSR count). The molecule has 1 N–H and O–H groups in total. The molecule has 1 atom stereocenters. The molecule has 0 saturated heterocycles. The van der Waals surface area contributed by atoms with Crippen LogP contribution < -0.4 is 0 Å². The van der Waals surface area contributed by atoms with Crippen molar-refractivity contribution < 1.29 is 5.11 Å². The van der Waals surface area contributed by atoms with Crippen LogP contribution in [0.5, 0.6) is 0 Å². The van der Waals surface area contributed by atoms with Crippen LogP contribution in [0.1, 0.15) is 29.2 Å². The Labute approximate surface area is 117 Å². The molecule has 0 aliphatic heterocycles. The van der Waals surface area contributed by atoms with Gasteiger partial charge in [0, 0.05) is 4.47 Å². The first-order valence-corrected chi connectivity index (χ1v) is 6.77. The Morgan fingerprint density at radius 3 is 2.39 bits per heavy atom. The van der Waals surface area contributed by atoms with Gasteiger partial charge in [-0.25, -0.2) is 0 Å². The molecule has 0 amide bonds. The van der Waals surface area contributed by atoms with Crippen molar-refractivity contribution in [1.82, 2.24) is 0 Å². The van der Waals surface area contributed by atoms with Crippen molar-refractivity contribution in [1.29, 1.82) is 0 Å². The van der Waals surface area contributed by atoms with E-state index in [4.69, 9.17) is 0 Å². The first-order chi connectivity index (χ1) is 8.43. The van der Waals surface area contributed by atoms with Crippen LogP contribution in [0.3, 0.4) is 0 Å². The van der Waals surface area contributed by atoms with Crippen LogP contribution in [-0.4, -0.2) is 5.11 Å². The fourth-order valence-corrected chi connectivity index (χ4v) is 2.62. The topological polar surface area (TPSA) is 20.2 Å². The van der Waals surface area contributed by atoms with Gasteiger partial charge in [0.05, 0.1) is 0 Å². The van der Waals surface area contributed by atoms with Crippen molar-refractivity contribution in [3.63, 3.8) is 0 Å². The Hall–Kier alpha value is -1.12. The zero-order valence-corrected chi connectivity index (χ0v) is 12.5. The minimum absolute atomic E-state index is 0.894. The van der Waals surface area contributed by atoms with Gasteiger partial charge in [-0.15, -0.1) is 0 Å². The Kier molecular flexibility index (Phi) is 3.60. The number of hydrogen-bond acceptors (Lipinski definition) is 1. The van der Waals surface area contributed by atoms with Gasteiger partial charge >= 0.3 is 0 Å². The standard InChI is InChI=1S/C16H17BrO/c1-11-6-4-9-15(12(11)2)16(3,18)13-7-5-8-14(17)10-13/h4-10,18H,1-3H3. The first kappa shape index (κ1) is 13.3. The Morgan fingerprint density at radius 1 is 1.06 bits per heavy atom. The van der Waals surface area contributed by atoms with E-state index in [-0.39, 0.29) is 0 Å². The van der Waals surface area contributed by atoms with E-state index < -0.39 is 5.60 Å². The maximum absolute atomic E-state index is 10.9. The molecule has 0 radical (unpaired) electrons. The highest BCUT2D eigenvalue weighted by molar-refractivity contribution is 9.10. The maximum Gasteiger partial charge on any atom is 0.112 e. The largest absolute Gasteiger partial charge is 0.381 e. The third kappa shape index (κ3) is 2.36. The SMILES string of the molecule is Cc1cccc(C(C)(O)c2cccc(Br)c2)c1C. The van der Waals surface area contributed by atoms with Gasteiger partial charge in [0.2, 0.25) is 0 Å². The number of benzene rings is 2. The maximum atomic E-state index is 10.9. The van der Waals surface area contributed by atoms with Gasteiger partial charge in [0.1, 0.15) is 5.60 Å². The molecule has 0 saturated carbocycles. The fourth-order valence-electron chi connectivity index (χ4n) is 2.23. The van der Waals surface area contributed by atoms with Gasteiger partial charge in [0.15, 0.2) is 0 Å². The molecule has 0 aromatic heterocycles. The van der Waals surface area contributed by atoms with Crippen molar-refractivity contribution in [2.75, 3.05) is 0 Å². The smallest absolute Gasteiger partial charge is 0.112 e. The molecule has 0 heterocycles. The minimum Gasteiger partial charge on any atom is -0.381 e. The van der Waals surface area contributed by atoms with Crippen LogP contribution in [-0.2, 0) is 5.60 Å². The third-order valence-electron chi connectivity index (χ3n) is 3.52. The molecule has 2 aromatic rings. The van der Waals surface area contributed by atoms with E-state index in [1.54, 1.807) is 0 Å². The third-order valence-corrected chi connectivity index (χ3v) is 4.01. The molecule has 0 fully saturated rings. The number of halogens is 1. The summed E-state index contributed by atoms with van der Waals surface area (Å²) in [5.41, 5.74) is 3.22. The number of hydrogen-bond donors (Lipinski definition) is 1. The Morgan fingerprint density at radius 2 is 1.72 bits per heavy atom. The Bertz CT molecular complexity index is 573. The van der Waals surface area contributed by atoms with Crippen LogP contribution in [0.2, 0.25) is 0 Å². The van der Waals surface area contributed by atoms with E-state index in [0.29, 0.717) is 0 Å². The lowest BCUT2D eigenvalue weighted by atomic mass is 9.84. The summed E-state index contributed by atoms with van der Waals surface area (Å²) in [7, 11) is 0. The summed E-state index contributed by atoms with van der Waals surface area (Å²) in [6.45, 7) is 5.96. The van der Waals surface area contributed by atoms with E-state index in [1.165, 1.54) is 5.56 Å². The molecule has 0 spiro atoms. The molecule has 0 aliphatic carbocycles. The molecule has 1 unspecified atom stereocenters. The van der Waals surface area contributed by atoms with E-state index in [1.807, 2.05) is 43.3 Å². The zero-order valence-electron chi connectivity index (χ0n) is 10.9. The number of aryl methyl sites for hydroxylation is 1. The number of rotatable bonds is 2. The van der Waals surface area contributed by atoms with Gasteiger partial charge in [-0.05, 0) is 55.2 Å². The van der Waals surface area contributed by atoms with Crippen molar-refractivity contribution in [2.24, 2.45) is 0 Å². The fraction of sp³-hybridized carbons (Fsp3) is 0.250. The lowest BCUT2D eigenvalue weighted by Crippen LogP contribution is -2.24. The Balaban J connectivity index is 2.57. The molecular formula is C16H17BrO.